The molecule has 2 heterocycles. The van der Waals surface area contributed by atoms with Crippen molar-refractivity contribution in [3.63, 3.8) is 0 Å². The second-order valence-electron chi connectivity index (χ2n) is 3.97. The fourth-order valence-corrected chi connectivity index (χ4v) is 2.12. The maximum Gasteiger partial charge on any atom is 0.249 e. The number of imide groups is 1. The summed E-state index contributed by atoms with van der Waals surface area (Å²) in [6.07, 6.45) is 1.88. The lowest BCUT2D eigenvalue weighted by atomic mass is 10.1. The van der Waals surface area contributed by atoms with E-state index in [2.05, 4.69) is 20.7 Å². The van der Waals surface area contributed by atoms with E-state index in [0.29, 0.717) is 12.2 Å². The van der Waals surface area contributed by atoms with Crippen LogP contribution in [0, 0.1) is 0 Å². The minimum atomic E-state index is -0.504. The van der Waals surface area contributed by atoms with Gasteiger partial charge in [0.05, 0.1) is 12.7 Å². The summed E-state index contributed by atoms with van der Waals surface area (Å²) in [6, 6.07) is -0.504. The van der Waals surface area contributed by atoms with E-state index in [1.54, 1.807) is 4.90 Å². The number of aromatic nitrogens is 2. The molecule has 1 aromatic heterocycles. The van der Waals surface area contributed by atoms with Gasteiger partial charge in [0.25, 0.3) is 0 Å². The summed E-state index contributed by atoms with van der Waals surface area (Å²) in [5.41, 5.74) is 2.30. The summed E-state index contributed by atoms with van der Waals surface area (Å²) >= 11 is 6.03. The van der Waals surface area contributed by atoms with E-state index >= 15 is 0 Å². The van der Waals surface area contributed by atoms with Crippen LogP contribution in [-0.2, 0) is 9.59 Å². The number of anilines is 2. The molecule has 0 bridgehead atoms. The van der Waals surface area contributed by atoms with E-state index in [1.165, 1.54) is 6.20 Å². The highest BCUT2D eigenvalue weighted by molar-refractivity contribution is 6.33. The lowest BCUT2D eigenvalue weighted by Gasteiger charge is -2.34. The number of hydrogen-bond donors (Lipinski definition) is 3. The highest BCUT2D eigenvalue weighted by Gasteiger charge is 2.34. The first-order valence-electron chi connectivity index (χ1n) is 5.66. The first-order valence-corrected chi connectivity index (χ1v) is 6.04. The molecule has 4 N–H and O–H groups in total. The van der Waals surface area contributed by atoms with Crippen LogP contribution in [0.15, 0.2) is 6.20 Å². The molecule has 1 aliphatic heterocycles. The maximum atomic E-state index is 11.8. The zero-order valence-corrected chi connectivity index (χ0v) is 10.9. The number of hydrazine groups is 1. The van der Waals surface area contributed by atoms with Crippen molar-refractivity contribution in [2.75, 3.05) is 16.9 Å². The van der Waals surface area contributed by atoms with Gasteiger partial charge in [0.1, 0.15) is 11.1 Å². The van der Waals surface area contributed by atoms with E-state index in [9.17, 15) is 9.59 Å². The number of amides is 2. The predicted molar refractivity (Wildman–Crippen MR) is 69.4 cm³/mol. The van der Waals surface area contributed by atoms with Gasteiger partial charge in [-0.15, -0.1) is 0 Å². The Morgan fingerprint density at radius 2 is 2.37 bits per heavy atom. The Balaban J connectivity index is 2.42. The van der Waals surface area contributed by atoms with Crippen molar-refractivity contribution in [3.8, 4) is 0 Å². The van der Waals surface area contributed by atoms with Gasteiger partial charge in [-0.3, -0.25) is 20.3 Å². The van der Waals surface area contributed by atoms with Crippen LogP contribution in [0.5, 0.6) is 0 Å². The average molecular weight is 285 g/mol. The zero-order chi connectivity index (χ0) is 14.0. The summed E-state index contributed by atoms with van der Waals surface area (Å²) in [6.45, 7) is 1.84. The normalized spacial score (nSPS) is 19.3. The van der Waals surface area contributed by atoms with Crippen LogP contribution in [0.2, 0.25) is 5.02 Å². The van der Waals surface area contributed by atoms with Gasteiger partial charge >= 0.3 is 0 Å². The quantitative estimate of drug-likeness (QED) is 0.395. The second-order valence-corrected chi connectivity index (χ2v) is 4.38. The monoisotopic (exact) mass is 284 g/mol. The van der Waals surface area contributed by atoms with Gasteiger partial charge in [-0.25, -0.2) is 10.8 Å². The summed E-state index contributed by atoms with van der Waals surface area (Å²) in [7, 11) is 0. The van der Waals surface area contributed by atoms with Crippen molar-refractivity contribution in [3.05, 3.63) is 11.2 Å². The summed E-state index contributed by atoms with van der Waals surface area (Å²) < 4.78 is 0. The lowest BCUT2D eigenvalue weighted by Crippen LogP contribution is -2.58. The van der Waals surface area contributed by atoms with Gasteiger partial charge in [0, 0.05) is 0 Å². The number of nitrogens with two attached hydrogens (primary N) is 1. The SMILES string of the molecule is CCC1C(=O)NC(=O)CN1c1nc(NN)ncc1Cl. The van der Waals surface area contributed by atoms with Crippen molar-refractivity contribution in [2.45, 2.75) is 19.4 Å². The number of nitrogens with zero attached hydrogens (tertiary/aromatic N) is 3. The maximum absolute atomic E-state index is 11.8. The minimum absolute atomic E-state index is 0.00495. The molecule has 2 amide bonds. The highest BCUT2D eigenvalue weighted by Crippen LogP contribution is 2.27. The molecule has 102 valence electrons. The molecule has 1 aliphatic rings. The Bertz CT molecular complexity index is 523. The Morgan fingerprint density at radius 3 is 3.00 bits per heavy atom. The number of halogens is 1. The number of nitrogen functional groups attached to an aromatic ring is 1. The third kappa shape index (κ3) is 2.59. The van der Waals surface area contributed by atoms with E-state index in [0.717, 1.165) is 0 Å². The lowest BCUT2D eigenvalue weighted by molar-refractivity contribution is -0.132. The molecule has 1 unspecified atom stereocenters. The molecule has 1 aromatic rings. The van der Waals surface area contributed by atoms with Gasteiger partial charge < -0.3 is 4.90 Å². The Morgan fingerprint density at radius 1 is 1.63 bits per heavy atom. The summed E-state index contributed by atoms with van der Waals surface area (Å²) in [5.74, 6) is 4.94. The molecule has 19 heavy (non-hydrogen) atoms. The average Bonchev–Trinajstić information content (AvgIpc) is 2.38. The van der Waals surface area contributed by atoms with Gasteiger partial charge in [0.2, 0.25) is 17.8 Å². The van der Waals surface area contributed by atoms with Gasteiger partial charge in [0.15, 0.2) is 5.82 Å². The molecule has 0 radical (unpaired) electrons. The molecular weight excluding hydrogens is 272 g/mol. The van der Waals surface area contributed by atoms with Gasteiger partial charge in [-0.05, 0) is 6.42 Å². The van der Waals surface area contributed by atoms with E-state index in [-0.39, 0.29) is 23.4 Å². The molecule has 2 rings (SSSR count). The van der Waals surface area contributed by atoms with E-state index < -0.39 is 11.9 Å². The van der Waals surface area contributed by atoms with Crippen LogP contribution in [-0.4, -0.2) is 34.4 Å². The molecule has 0 aliphatic carbocycles. The second kappa shape index (κ2) is 5.37. The molecule has 0 spiro atoms. The Kier molecular flexibility index (Phi) is 3.82. The molecule has 1 fully saturated rings. The molecule has 9 heteroatoms. The Hall–Kier alpha value is -1.93. The number of rotatable bonds is 3. The van der Waals surface area contributed by atoms with Crippen LogP contribution >= 0.6 is 11.6 Å². The number of piperazine rings is 1. The summed E-state index contributed by atoms with van der Waals surface area (Å²) in [5, 5.41) is 2.53. The molecule has 1 atom stereocenters. The fraction of sp³-hybridized carbons (Fsp3) is 0.400. The largest absolute Gasteiger partial charge is 0.334 e. The van der Waals surface area contributed by atoms with Crippen molar-refractivity contribution < 1.29 is 9.59 Å². The van der Waals surface area contributed by atoms with Crippen LogP contribution < -0.4 is 21.5 Å². The van der Waals surface area contributed by atoms with Crippen molar-refractivity contribution in [2.24, 2.45) is 5.84 Å². The third-order valence-corrected chi connectivity index (χ3v) is 3.04. The number of carbonyl (C=O) groups excluding carboxylic acids is 2. The topological polar surface area (TPSA) is 113 Å². The summed E-state index contributed by atoms with van der Waals surface area (Å²) in [4.78, 5) is 32.8. The third-order valence-electron chi connectivity index (χ3n) is 2.77. The first kappa shape index (κ1) is 13.5. The number of nitrogens with one attached hydrogen (secondary N) is 2. The molecule has 0 aromatic carbocycles. The van der Waals surface area contributed by atoms with Crippen LogP contribution in [0.25, 0.3) is 0 Å². The van der Waals surface area contributed by atoms with Crippen LogP contribution in [0.4, 0.5) is 11.8 Å². The van der Waals surface area contributed by atoms with E-state index in [4.69, 9.17) is 17.4 Å². The standard InChI is InChI=1S/C10H13ClN6O2/c1-2-6-9(19)14-7(18)4-17(6)8-5(11)3-13-10(15-8)16-12/h3,6H,2,4,12H2,1H3,(H,13,15,16)(H,14,18,19). The zero-order valence-electron chi connectivity index (χ0n) is 10.2. The van der Waals surface area contributed by atoms with Crippen LogP contribution in [0.1, 0.15) is 13.3 Å². The predicted octanol–water partition coefficient (Wildman–Crippen LogP) is -0.343. The minimum Gasteiger partial charge on any atom is -0.334 e. The smallest absolute Gasteiger partial charge is 0.249 e. The molecule has 0 saturated carbocycles. The van der Waals surface area contributed by atoms with Crippen molar-refractivity contribution in [1.82, 2.24) is 15.3 Å². The van der Waals surface area contributed by atoms with Gasteiger partial charge in [-0.1, -0.05) is 18.5 Å². The van der Waals surface area contributed by atoms with Crippen LogP contribution in [0.3, 0.4) is 0 Å². The van der Waals surface area contributed by atoms with Crippen molar-refractivity contribution >= 4 is 35.2 Å². The molecule has 1 saturated heterocycles. The first-order chi connectivity index (χ1) is 9.06. The molecule has 8 nitrogen and oxygen atoms in total. The van der Waals surface area contributed by atoms with E-state index in [1.807, 2.05) is 6.92 Å². The fourth-order valence-electron chi connectivity index (χ4n) is 1.92. The molecular formula is C10H13ClN6O2. The van der Waals surface area contributed by atoms with Gasteiger partial charge in [-0.2, -0.15) is 4.98 Å². The number of carbonyl (C=O) groups is 2. The Labute approximate surface area is 114 Å². The number of hydrogen-bond acceptors (Lipinski definition) is 7. The van der Waals surface area contributed by atoms with Crippen molar-refractivity contribution in [1.29, 1.82) is 0 Å². The highest BCUT2D eigenvalue weighted by atomic mass is 35.5.